The van der Waals surface area contributed by atoms with Gasteiger partial charge < -0.3 is 18.9 Å². The molecule has 8 nitrogen and oxygen atoms in total. The van der Waals surface area contributed by atoms with Crippen LogP contribution in [0.25, 0.3) is 6.08 Å². The van der Waals surface area contributed by atoms with Crippen LogP contribution in [0.15, 0.2) is 81.7 Å². The fraction of sp³-hybridized carbons (Fsp3) is 0.286. The van der Waals surface area contributed by atoms with E-state index in [4.69, 9.17) is 18.9 Å². The van der Waals surface area contributed by atoms with Gasteiger partial charge in [-0.1, -0.05) is 53.3 Å². The second-order valence-corrected chi connectivity index (χ2v) is 13.0. The molecule has 0 saturated heterocycles. The van der Waals surface area contributed by atoms with Crippen LogP contribution in [0.3, 0.4) is 0 Å². The molecule has 0 unspecified atom stereocenters. The van der Waals surface area contributed by atoms with Gasteiger partial charge in [0, 0.05) is 0 Å². The van der Waals surface area contributed by atoms with Crippen LogP contribution in [0.2, 0.25) is 0 Å². The maximum Gasteiger partial charge on any atom is 0.338 e. The summed E-state index contributed by atoms with van der Waals surface area (Å²) in [4.78, 5) is 32.5. The van der Waals surface area contributed by atoms with Crippen molar-refractivity contribution in [3.05, 3.63) is 117 Å². The van der Waals surface area contributed by atoms with Gasteiger partial charge in [0.25, 0.3) is 5.56 Å². The molecule has 1 atom stereocenters. The molecule has 0 amide bonds. The zero-order valence-corrected chi connectivity index (χ0v) is 29.0. The Morgan fingerprint density at radius 3 is 2.53 bits per heavy atom. The maximum atomic E-state index is 14.1. The normalized spacial score (nSPS) is 14.7. The Morgan fingerprint density at radius 2 is 1.84 bits per heavy atom. The number of rotatable bonds is 10. The van der Waals surface area contributed by atoms with Crippen LogP contribution in [0.4, 0.5) is 0 Å². The zero-order valence-electron chi connectivity index (χ0n) is 26.0. The number of hydrogen-bond acceptors (Lipinski definition) is 8. The first-order valence-electron chi connectivity index (χ1n) is 14.6. The third kappa shape index (κ3) is 7.17. The largest absolute Gasteiger partial charge is 0.493 e. The number of carbonyl (C=O) groups is 1. The second kappa shape index (κ2) is 14.0. The number of aromatic nitrogens is 1. The third-order valence-corrected chi connectivity index (χ3v) is 8.94. The number of thiazole rings is 1. The number of esters is 1. The van der Waals surface area contributed by atoms with E-state index in [1.54, 1.807) is 37.7 Å². The number of carbonyl (C=O) groups excluding carboxylic acids is 1. The van der Waals surface area contributed by atoms with Crippen molar-refractivity contribution in [1.82, 2.24) is 4.57 Å². The number of hydrogen-bond donors (Lipinski definition) is 0. The van der Waals surface area contributed by atoms with Gasteiger partial charge in [-0.15, -0.1) is 0 Å². The Labute approximate surface area is 279 Å². The van der Waals surface area contributed by atoms with Crippen molar-refractivity contribution < 1.29 is 23.7 Å². The smallest absolute Gasteiger partial charge is 0.338 e. The van der Waals surface area contributed by atoms with Crippen LogP contribution in [0.5, 0.6) is 17.2 Å². The van der Waals surface area contributed by atoms with Crippen LogP contribution >= 0.6 is 33.9 Å². The van der Waals surface area contributed by atoms with Crippen molar-refractivity contribution in [3.63, 3.8) is 0 Å². The van der Waals surface area contributed by atoms with Gasteiger partial charge in [-0.2, -0.15) is 0 Å². The highest BCUT2D eigenvalue weighted by Crippen LogP contribution is 2.36. The summed E-state index contributed by atoms with van der Waals surface area (Å²) >= 11 is 3.53. The number of ether oxygens (including phenoxy) is 4. The fourth-order valence-electron chi connectivity index (χ4n) is 5.15. The summed E-state index contributed by atoms with van der Waals surface area (Å²) in [5.41, 5.74) is 4.36. The molecule has 3 aromatic carbocycles. The van der Waals surface area contributed by atoms with Crippen molar-refractivity contribution in [2.45, 2.75) is 53.4 Å². The highest BCUT2D eigenvalue weighted by Gasteiger charge is 2.34. The first kappa shape index (κ1) is 32.5. The Morgan fingerprint density at radius 1 is 1.07 bits per heavy atom. The van der Waals surface area contributed by atoms with Gasteiger partial charge in [0.1, 0.15) is 12.4 Å². The van der Waals surface area contributed by atoms with Crippen molar-refractivity contribution in [2.24, 2.45) is 4.99 Å². The summed E-state index contributed by atoms with van der Waals surface area (Å²) in [5, 5.41) is 0. The van der Waals surface area contributed by atoms with Crippen molar-refractivity contribution in [2.75, 3.05) is 13.7 Å². The SMILES string of the molecule is CCOC(=O)C1=C(C)N=c2s/c(=C\c3ccc(OCc4cccc(C)c4)c(I)c3)c(=O)n2[C@H]1c1ccc(OC(C)C)c(OC)c1. The minimum absolute atomic E-state index is 0.0588. The van der Waals surface area contributed by atoms with Crippen molar-refractivity contribution in [3.8, 4) is 17.2 Å². The molecule has 1 aromatic heterocycles. The van der Waals surface area contributed by atoms with E-state index >= 15 is 0 Å². The lowest BCUT2D eigenvalue weighted by atomic mass is 9.95. The Bertz CT molecular complexity index is 1960. The topological polar surface area (TPSA) is 88.4 Å². The predicted octanol–water partition coefficient (Wildman–Crippen LogP) is 6.09. The molecule has 1 aliphatic rings. The number of aryl methyl sites for hydroxylation is 1. The predicted molar refractivity (Wildman–Crippen MR) is 184 cm³/mol. The summed E-state index contributed by atoms with van der Waals surface area (Å²) in [5.74, 6) is 1.32. The average Bonchev–Trinajstić information content (AvgIpc) is 3.29. The highest BCUT2D eigenvalue weighted by atomic mass is 127. The molecule has 0 bridgehead atoms. The number of methoxy groups -OCH3 is 1. The molecule has 10 heteroatoms. The molecule has 45 heavy (non-hydrogen) atoms. The molecule has 0 aliphatic carbocycles. The third-order valence-electron chi connectivity index (χ3n) is 7.11. The molecular weight excluding hydrogens is 703 g/mol. The average molecular weight is 739 g/mol. The molecule has 0 fully saturated rings. The quantitative estimate of drug-likeness (QED) is 0.145. The van der Waals surface area contributed by atoms with Crippen LogP contribution in [0, 0.1) is 10.5 Å². The molecule has 0 radical (unpaired) electrons. The molecule has 2 heterocycles. The van der Waals surface area contributed by atoms with Gasteiger partial charge in [-0.3, -0.25) is 9.36 Å². The van der Waals surface area contributed by atoms with Crippen LogP contribution in [0.1, 0.15) is 56.0 Å². The summed E-state index contributed by atoms with van der Waals surface area (Å²) in [7, 11) is 1.56. The van der Waals surface area contributed by atoms with E-state index in [-0.39, 0.29) is 18.3 Å². The Balaban J connectivity index is 1.55. The minimum Gasteiger partial charge on any atom is -0.493 e. The molecule has 0 N–H and O–H groups in total. The summed E-state index contributed by atoms with van der Waals surface area (Å²) in [6, 6.07) is 18.7. The maximum absolute atomic E-state index is 14.1. The molecule has 0 saturated carbocycles. The standard InChI is InChI=1S/C35H35IN2O6S/c1-7-42-34(40)31-22(5)37-35-38(32(31)25-12-14-28(44-20(2)3)29(18-25)41-6)33(39)30(45-35)17-23-11-13-27(26(36)16-23)43-19-24-10-8-9-21(4)15-24/h8-18,20,32H,7,19H2,1-6H3/b30-17-/t32-/m0/s1. The minimum atomic E-state index is -0.762. The van der Waals surface area contributed by atoms with Gasteiger partial charge in [0.15, 0.2) is 16.3 Å². The van der Waals surface area contributed by atoms with E-state index < -0.39 is 12.0 Å². The van der Waals surface area contributed by atoms with Gasteiger partial charge in [-0.25, -0.2) is 9.79 Å². The lowest BCUT2D eigenvalue weighted by molar-refractivity contribution is -0.139. The van der Waals surface area contributed by atoms with E-state index in [0.717, 1.165) is 20.4 Å². The van der Waals surface area contributed by atoms with E-state index in [9.17, 15) is 9.59 Å². The fourth-order valence-corrected chi connectivity index (χ4v) is 6.89. The number of nitrogens with zero attached hydrogens (tertiary/aromatic N) is 2. The lowest BCUT2D eigenvalue weighted by Gasteiger charge is -2.25. The van der Waals surface area contributed by atoms with Crippen LogP contribution < -0.4 is 29.1 Å². The monoisotopic (exact) mass is 738 g/mol. The van der Waals surface area contributed by atoms with Crippen LogP contribution in [-0.2, 0) is 16.1 Å². The first-order chi connectivity index (χ1) is 21.6. The molecular formula is C35H35IN2O6S. The van der Waals surface area contributed by atoms with Gasteiger partial charge >= 0.3 is 5.97 Å². The van der Waals surface area contributed by atoms with Gasteiger partial charge in [0.2, 0.25) is 0 Å². The molecule has 1 aliphatic heterocycles. The Hall–Kier alpha value is -3.90. The summed E-state index contributed by atoms with van der Waals surface area (Å²) in [6.45, 7) is 10.1. The van der Waals surface area contributed by atoms with Gasteiger partial charge in [0.05, 0.1) is 45.2 Å². The van der Waals surface area contributed by atoms with E-state index in [1.807, 2.05) is 56.3 Å². The van der Waals surface area contributed by atoms with Crippen LogP contribution in [-0.4, -0.2) is 30.4 Å². The molecule has 234 valence electrons. The summed E-state index contributed by atoms with van der Waals surface area (Å²) < 4.78 is 26.0. The lowest BCUT2D eigenvalue weighted by Crippen LogP contribution is -2.40. The molecule has 0 spiro atoms. The molecule has 5 rings (SSSR count). The number of allylic oxidation sites excluding steroid dienone is 1. The highest BCUT2D eigenvalue weighted by molar-refractivity contribution is 14.1. The number of benzene rings is 3. The number of halogens is 1. The Kier molecular flexibility index (Phi) is 10.1. The van der Waals surface area contributed by atoms with E-state index in [1.165, 1.54) is 16.9 Å². The van der Waals surface area contributed by atoms with E-state index in [2.05, 4.69) is 46.6 Å². The number of fused-ring (bicyclic) bond motifs is 1. The van der Waals surface area contributed by atoms with Gasteiger partial charge in [-0.05, 0) is 104 Å². The zero-order chi connectivity index (χ0) is 32.2. The summed E-state index contributed by atoms with van der Waals surface area (Å²) in [6.07, 6.45) is 1.79. The van der Waals surface area contributed by atoms with Crippen molar-refractivity contribution >= 4 is 46.0 Å². The molecule has 4 aromatic rings. The van der Waals surface area contributed by atoms with E-state index in [0.29, 0.717) is 44.3 Å². The second-order valence-electron chi connectivity index (χ2n) is 10.8. The first-order valence-corrected chi connectivity index (χ1v) is 16.5. The van der Waals surface area contributed by atoms with Crippen molar-refractivity contribution in [1.29, 1.82) is 0 Å².